The minimum Gasteiger partial charge on any atom is -0.340 e. The number of nitrogens with one attached hydrogen (secondary N) is 1. The molecule has 94 valence electrons. The van der Waals surface area contributed by atoms with E-state index in [1.54, 1.807) is 6.92 Å². The van der Waals surface area contributed by atoms with Crippen LogP contribution in [0, 0.1) is 0 Å². The Morgan fingerprint density at radius 2 is 1.69 bits per heavy atom. The van der Waals surface area contributed by atoms with Crippen molar-refractivity contribution in [3.05, 3.63) is 12.2 Å². The Morgan fingerprint density at radius 1 is 1.19 bits per heavy atom. The van der Waals surface area contributed by atoms with Gasteiger partial charge in [-0.1, -0.05) is 33.3 Å². The fourth-order valence-electron chi connectivity index (χ4n) is 1.37. The Labute approximate surface area is 99.9 Å². The first-order valence-electron chi connectivity index (χ1n) is 6.27. The van der Waals surface area contributed by atoms with Crippen LogP contribution in [0.3, 0.4) is 0 Å². The maximum Gasteiger partial charge on any atom is 0.247 e. The molecule has 0 bridgehead atoms. The number of carbonyl (C=O) groups excluding carboxylic acids is 1. The molecule has 0 atom stereocenters. The van der Waals surface area contributed by atoms with E-state index in [9.17, 15) is 4.79 Å². The van der Waals surface area contributed by atoms with E-state index in [1.165, 1.54) is 25.7 Å². The van der Waals surface area contributed by atoms with Crippen molar-refractivity contribution in [3.8, 4) is 0 Å². The molecule has 3 heteroatoms. The van der Waals surface area contributed by atoms with Crippen LogP contribution in [-0.4, -0.2) is 30.6 Å². The van der Waals surface area contributed by atoms with Crippen molar-refractivity contribution in [1.82, 2.24) is 10.2 Å². The van der Waals surface area contributed by atoms with E-state index in [0.717, 1.165) is 13.1 Å². The first-order chi connectivity index (χ1) is 7.61. The molecule has 0 aromatic rings. The van der Waals surface area contributed by atoms with Crippen molar-refractivity contribution < 1.29 is 4.79 Å². The molecule has 0 aliphatic carbocycles. The lowest BCUT2D eigenvalue weighted by Crippen LogP contribution is -2.38. The summed E-state index contributed by atoms with van der Waals surface area (Å²) in [5.41, 5.74) is 0.575. The summed E-state index contributed by atoms with van der Waals surface area (Å²) < 4.78 is 0. The topological polar surface area (TPSA) is 32.3 Å². The zero-order valence-corrected chi connectivity index (χ0v) is 11.0. The van der Waals surface area contributed by atoms with Crippen molar-refractivity contribution in [1.29, 1.82) is 0 Å². The standard InChI is InChI=1S/C13H26N2O/c1-5-7-9-15(10-8-6-2)11-14-13(16)12(3)4/h3,5-11H2,1-2,4H3,(H,14,16). The Balaban J connectivity index is 3.89. The van der Waals surface area contributed by atoms with E-state index in [0.29, 0.717) is 12.2 Å². The molecule has 1 N–H and O–H groups in total. The summed E-state index contributed by atoms with van der Waals surface area (Å²) in [5.74, 6) is -0.0435. The summed E-state index contributed by atoms with van der Waals surface area (Å²) in [4.78, 5) is 13.7. The van der Waals surface area contributed by atoms with Crippen molar-refractivity contribution in [2.24, 2.45) is 0 Å². The van der Waals surface area contributed by atoms with Gasteiger partial charge in [-0.2, -0.15) is 0 Å². The Hall–Kier alpha value is -0.830. The Kier molecular flexibility index (Phi) is 8.91. The normalized spacial score (nSPS) is 10.5. The molecule has 0 fully saturated rings. The third-order valence-corrected chi connectivity index (χ3v) is 2.51. The second-order valence-corrected chi connectivity index (χ2v) is 4.27. The summed E-state index contributed by atoms with van der Waals surface area (Å²) in [6.07, 6.45) is 4.76. The number of nitrogens with zero attached hydrogens (tertiary/aromatic N) is 1. The summed E-state index contributed by atoms with van der Waals surface area (Å²) in [7, 11) is 0. The van der Waals surface area contributed by atoms with Crippen LogP contribution in [0.5, 0.6) is 0 Å². The molecule has 3 nitrogen and oxygen atoms in total. The van der Waals surface area contributed by atoms with Crippen molar-refractivity contribution in [3.63, 3.8) is 0 Å². The SMILES string of the molecule is C=C(C)C(=O)NCN(CCCC)CCCC. The van der Waals surface area contributed by atoms with E-state index in [-0.39, 0.29) is 5.91 Å². The molecule has 0 aromatic heterocycles. The van der Waals surface area contributed by atoms with E-state index in [4.69, 9.17) is 0 Å². The largest absolute Gasteiger partial charge is 0.340 e. The third-order valence-electron chi connectivity index (χ3n) is 2.51. The van der Waals surface area contributed by atoms with Gasteiger partial charge in [0, 0.05) is 5.57 Å². The molecule has 0 aliphatic rings. The quantitative estimate of drug-likeness (QED) is 0.484. The minimum absolute atomic E-state index is 0.0435. The highest BCUT2D eigenvalue weighted by molar-refractivity contribution is 5.91. The molecule has 0 aromatic carbocycles. The van der Waals surface area contributed by atoms with E-state index >= 15 is 0 Å². The van der Waals surface area contributed by atoms with Crippen LogP contribution in [0.1, 0.15) is 46.5 Å². The highest BCUT2D eigenvalue weighted by Gasteiger charge is 2.06. The fourth-order valence-corrected chi connectivity index (χ4v) is 1.37. The molecule has 1 amide bonds. The predicted octanol–water partition coefficient (Wildman–Crippen LogP) is 2.54. The van der Waals surface area contributed by atoms with Crippen LogP contribution in [0.15, 0.2) is 12.2 Å². The molecule has 0 radical (unpaired) electrons. The van der Waals surface area contributed by atoms with Crippen LogP contribution in [0.4, 0.5) is 0 Å². The molecule has 0 spiro atoms. The van der Waals surface area contributed by atoms with Gasteiger partial charge >= 0.3 is 0 Å². The number of amides is 1. The van der Waals surface area contributed by atoms with Gasteiger partial charge in [0.1, 0.15) is 0 Å². The maximum absolute atomic E-state index is 11.4. The van der Waals surface area contributed by atoms with Gasteiger partial charge in [-0.25, -0.2) is 0 Å². The highest BCUT2D eigenvalue weighted by atomic mass is 16.1. The van der Waals surface area contributed by atoms with Crippen LogP contribution in [0.2, 0.25) is 0 Å². The Bertz CT molecular complexity index is 206. The molecule has 0 rings (SSSR count). The molecular formula is C13H26N2O. The molecule has 0 saturated heterocycles. The lowest BCUT2D eigenvalue weighted by atomic mass is 10.3. The zero-order chi connectivity index (χ0) is 12.4. The van der Waals surface area contributed by atoms with Crippen molar-refractivity contribution >= 4 is 5.91 Å². The third kappa shape index (κ3) is 7.46. The molecule has 16 heavy (non-hydrogen) atoms. The second-order valence-electron chi connectivity index (χ2n) is 4.27. The number of hydrogen-bond acceptors (Lipinski definition) is 2. The van der Waals surface area contributed by atoms with Gasteiger partial charge in [0.05, 0.1) is 6.67 Å². The van der Waals surface area contributed by atoms with Gasteiger partial charge in [0.15, 0.2) is 0 Å². The van der Waals surface area contributed by atoms with Crippen LogP contribution in [0.25, 0.3) is 0 Å². The lowest BCUT2D eigenvalue weighted by Gasteiger charge is -2.22. The number of unbranched alkanes of at least 4 members (excludes halogenated alkanes) is 2. The van der Waals surface area contributed by atoms with Gasteiger partial charge in [0.25, 0.3) is 0 Å². The van der Waals surface area contributed by atoms with Crippen molar-refractivity contribution in [2.45, 2.75) is 46.5 Å². The highest BCUT2D eigenvalue weighted by Crippen LogP contribution is 1.98. The summed E-state index contributed by atoms with van der Waals surface area (Å²) in [6, 6.07) is 0. The molecule has 0 heterocycles. The average Bonchev–Trinajstić information content (AvgIpc) is 2.27. The van der Waals surface area contributed by atoms with Gasteiger partial charge in [-0.3, -0.25) is 9.69 Å². The smallest absolute Gasteiger partial charge is 0.247 e. The summed E-state index contributed by atoms with van der Waals surface area (Å²) in [6.45, 7) is 12.5. The Morgan fingerprint density at radius 3 is 2.06 bits per heavy atom. The average molecular weight is 226 g/mol. The minimum atomic E-state index is -0.0435. The lowest BCUT2D eigenvalue weighted by molar-refractivity contribution is -0.118. The first-order valence-corrected chi connectivity index (χ1v) is 6.27. The van der Waals surface area contributed by atoms with Crippen LogP contribution >= 0.6 is 0 Å². The second kappa shape index (κ2) is 9.40. The maximum atomic E-state index is 11.4. The van der Waals surface area contributed by atoms with Gasteiger partial charge in [0.2, 0.25) is 5.91 Å². The summed E-state index contributed by atoms with van der Waals surface area (Å²) in [5, 5.41) is 2.89. The van der Waals surface area contributed by atoms with E-state index < -0.39 is 0 Å². The molecular weight excluding hydrogens is 200 g/mol. The number of hydrogen-bond donors (Lipinski definition) is 1. The summed E-state index contributed by atoms with van der Waals surface area (Å²) >= 11 is 0. The molecule has 0 saturated carbocycles. The van der Waals surface area contributed by atoms with E-state index in [1.807, 2.05) is 0 Å². The number of rotatable bonds is 9. The molecule has 0 aliphatic heterocycles. The number of carbonyl (C=O) groups is 1. The first kappa shape index (κ1) is 15.2. The predicted molar refractivity (Wildman–Crippen MR) is 69.2 cm³/mol. The van der Waals surface area contributed by atoms with Crippen LogP contribution in [-0.2, 0) is 4.79 Å². The van der Waals surface area contributed by atoms with Gasteiger partial charge in [-0.15, -0.1) is 0 Å². The molecule has 0 unspecified atom stereocenters. The zero-order valence-electron chi connectivity index (χ0n) is 11.0. The fraction of sp³-hybridized carbons (Fsp3) is 0.769. The monoisotopic (exact) mass is 226 g/mol. The van der Waals surface area contributed by atoms with Crippen LogP contribution < -0.4 is 5.32 Å². The van der Waals surface area contributed by atoms with Gasteiger partial charge < -0.3 is 5.32 Å². The van der Waals surface area contributed by atoms with Crippen molar-refractivity contribution in [2.75, 3.05) is 19.8 Å². The van der Waals surface area contributed by atoms with Gasteiger partial charge in [-0.05, 0) is 32.9 Å². The van der Waals surface area contributed by atoms with E-state index in [2.05, 4.69) is 30.6 Å².